The first-order valence-electron chi connectivity index (χ1n) is 4.41. The van der Waals surface area contributed by atoms with E-state index < -0.39 is 12.7 Å². The minimum Gasteiger partial charge on any atom is -0.376 e. The normalized spacial score (nSPS) is 11.4. The minimum atomic E-state index is -4.16. The molecule has 0 amide bonds. The molecule has 0 bridgehead atoms. The van der Waals surface area contributed by atoms with Crippen molar-refractivity contribution in [3.63, 3.8) is 0 Å². The second-order valence-corrected chi connectivity index (χ2v) is 3.02. The Balaban J connectivity index is 2.59. The van der Waals surface area contributed by atoms with Crippen LogP contribution < -0.4 is 5.32 Å². The van der Waals surface area contributed by atoms with Gasteiger partial charge in [-0.3, -0.25) is 0 Å². The van der Waals surface area contributed by atoms with Gasteiger partial charge in [-0.2, -0.15) is 13.2 Å². The van der Waals surface area contributed by atoms with Crippen molar-refractivity contribution in [1.82, 2.24) is 0 Å². The van der Waals surface area contributed by atoms with Crippen molar-refractivity contribution < 1.29 is 13.2 Å². The van der Waals surface area contributed by atoms with Gasteiger partial charge in [0, 0.05) is 5.69 Å². The standard InChI is InChI=1S/C10H12F3N/c1-2-8-4-3-5-9(6-8)14-7-10(11,12)13/h3-6,14H,2,7H2,1H3. The molecule has 0 saturated heterocycles. The molecule has 4 heteroatoms. The van der Waals surface area contributed by atoms with Gasteiger partial charge in [0.1, 0.15) is 6.54 Å². The molecular formula is C10H12F3N. The van der Waals surface area contributed by atoms with Gasteiger partial charge in [-0.1, -0.05) is 19.1 Å². The maximum atomic E-state index is 11.9. The lowest BCUT2D eigenvalue weighted by molar-refractivity contribution is -0.115. The highest BCUT2D eigenvalue weighted by Gasteiger charge is 2.26. The fraction of sp³-hybridized carbons (Fsp3) is 0.400. The average molecular weight is 203 g/mol. The van der Waals surface area contributed by atoms with Crippen molar-refractivity contribution in [2.45, 2.75) is 19.5 Å². The third-order valence-corrected chi connectivity index (χ3v) is 1.83. The van der Waals surface area contributed by atoms with E-state index >= 15 is 0 Å². The Labute approximate surface area is 80.9 Å². The number of rotatable bonds is 3. The van der Waals surface area contributed by atoms with Crippen molar-refractivity contribution in [2.75, 3.05) is 11.9 Å². The Bertz CT molecular complexity index is 294. The van der Waals surface area contributed by atoms with Crippen LogP contribution in [-0.4, -0.2) is 12.7 Å². The number of anilines is 1. The lowest BCUT2D eigenvalue weighted by atomic mass is 10.1. The molecule has 0 aliphatic heterocycles. The Hall–Kier alpha value is -1.19. The predicted molar refractivity (Wildman–Crippen MR) is 50.4 cm³/mol. The molecule has 0 radical (unpaired) electrons. The first kappa shape index (κ1) is 10.9. The van der Waals surface area contributed by atoms with E-state index in [4.69, 9.17) is 0 Å². The van der Waals surface area contributed by atoms with E-state index in [0.717, 1.165) is 12.0 Å². The summed E-state index contributed by atoms with van der Waals surface area (Å²) in [5.41, 5.74) is 1.54. The molecule has 1 aromatic carbocycles. The Morgan fingerprint density at radius 1 is 1.29 bits per heavy atom. The van der Waals surface area contributed by atoms with Gasteiger partial charge in [-0.15, -0.1) is 0 Å². The van der Waals surface area contributed by atoms with E-state index in [1.54, 1.807) is 18.2 Å². The van der Waals surface area contributed by atoms with Crippen LogP contribution in [-0.2, 0) is 6.42 Å². The minimum absolute atomic E-state index is 0.515. The fourth-order valence-corrected chi connectivity index (χ4v) is 1.10. The highest BCUT2D eigenvalue weighted by Crippen LogP contribution is 2.17. The van der Waals surface area contributed by atoms with Crippen LogP contribution in [0.2, 0.25) is 0 Å². The van der Waals surface area contributed by atoms with E-state index in [1.165, 1.54) is 0 Å². The lowest BCUT2D eigenvalue weighted by Gasteiger charge is -2.10. The first-order valence-corrected chi connectivity index (χ1v) is 4.41. The highest BCUT2D eigenvalue weighted by atomic mass is 19.4. The van der Waals surface area contributed by atoms with Gasteiger partial charge in [0.15, 0.2) is 0 Å². The zero-order valence-corrected chi connectivity index (χ0v) is 7.86. The van der Waals surface area contributed by atoms with Crippen molar-refractivity contribution in [1.29, 1.82) is 0 Å². The van der Waals surface area contributed by atoms with Crippen LogP contribution in [0.5, 0.6) is 0 Å². The van der Waals surface area contributed by atoms with Crippen LogP contribution >= 0.6 is 0 Å². The number of halogens is 3. The molecule has 78 valence electrons. The molecule has 0 atom stereocenters. The van der Waals surface area contributed by atoms with Gasteiger partial charge in [-0.05, 0) is 24.1 Å². The lowest BCUT2D eigenvalue weighted by Crippen LogP contribution is -2.21. The van der Waals surface area contributed by atoms with Gasteiger partial charge in [0.2, 0.25) is 0 Å². The van der Waals surface area contributed by atoms with Crippen LogP contribution in [0, 0.1) is 0 Å². The zero-order valence-electron chi connectivity index (χ0n) is 7.86. The third-order valence-electron chi connectivity index (χ3n) is 1.83. The molecule has 0 spiro atoms. The van der Waals surface area contributed by atoms with E-state index in [1.807, 2.05) is 13.0 Å². The van der Waals surface area contributed by atoms with Gasteiger partial charge in [0.05, 0.1) is 0 Å². The number of hydrogen-bond donors (Lipinski definition) is 1. The molecule has 0 aliphatic rings. The molecule has 0 saturated carbocycles. The second kappa shape index (κ2) is 4.35. The average Bonchev–Trinajstić information content (AvgIpc) is 2.14. The summed E-state index contributed by atoms with van der Waals surface area (Å²) in [5.74, 6) is 0. The molecule has 1 nitrogen and oxygen atoms in total. The molecule has 1 N–H and O–H groups in total. The summed E-state index contributed by atoms with van der Waals surface area (Å²) in [6, 6.07) is 6.99. The molecule has 14 heavy (non-hydrogen) atoms. The maximum absolute atomic E-state index is 11.9. The smallest absolute Gasteiger partial charge is 0.376 e. The molecule has 1 rings (SSSR count). The van der Waals surface area contributed by atoms with E-state index in [2.05, 4.69) is 5.32 Å². The number of hydrogen-bond acceptors (Lipinski definition) is 1. The second-order valence-electron chi connectivity index (χ2n) is 3.02. The van der Waals surface area contributed by atoms with E-state index in [0.29, 0.717) is 5.69 Å². The van der Waals surface area contributed by atoms with Crippen LogP contribution in [0.4, 0.5) is 18.9 Å². The van der Waals surface area contributed by atoms with Crippen LogP contribution in [0.1, 0.15) is 12.5 Å². The SMILES string of the molecule is CCc1cccc(NCC(F)(F)F)c1. The van der Waals surface area contributed by atoms with Crippen molar-refractivity contribution in [2.24, 2.45) is 0 Å². The summed E-state index contributed by atoms with van der Waals surface area (Å²) < 4.78 is 35.6. The van der Waals surface area contributed by atoms with Gasteiger partial charge in [-0.25, -0.2) is 0 Å². The quantitative estimate of drug-likeness (QED) is 0.795. The molecular weight excluding hydrogens is 191 g/mol. The fourth-order valence-electron chi connectivity index (χ4n) is 1.10. The number of alkyl halides is 3. The molecule has 0 aliphatic carbocycles. The van der Waals surface area contributed by atoms with Crippen LogP contribution in [0.25, 0.3) is 0 Å². The molecule has 1 aromatic rings. The summed E-state index contributed by atoms with van der Waals surface area (Å²) in [4.78, 5) is 0. The molecule has 0 heterocycles. The van der Waals surface area contributed by atoms with Crippen molar-refractivity contribution in [3.05, 3.63) is 29.8 Å². The Morgan fingerprint density at radius 3 is 2.57 bits per heavy atom. The van der Waals surface area contributed by atoms with Gasteiger partial charge < -0.3 is 5.32 Å². The van der Waals surface area contributed by atoms with Crippen molar-refractivity contribution in [3.8, 4) is 0 Å². The van der Waals surface area contributed by atoms with Crippen LogP contribution in [0.3, 0.4) is 0 Å². The molecule has 0 aromatic heterocycles. The third kappa shape index (κ3) is 3.68. The number of aryl methyl sites for hydroxylation is 1. The summed E-state index contributed by atoms with van der Waals surface area (Å²) in [5, 5.41) is 2.33. The monoisotopic (exact) mass is 203 g/mol. The largest absolute Gasteiger partial charge is 0.405 e. The van der Waals surface area contributed by atoms with Crippen molar-refractivity contribution >= 4 is 5.69 Å². The Morgan fingerprint density at radius 2 is 2.00 bits per heavy atom. The number of nitrogens with one attached hydrogen (secondary N) is 1. The zero-order chi connectivity index (χ0) is 10.6. The summed E-state index contributed by atoms with van der Waals surface area (Å²) >= 11 is 0. The molecule has 0 unspecified atom stereocenters. The van der Waals surface area contributed by atoms with E-state index in [-0.39, 0.29) is 0 Å². The summed E-state index contributed by atoms with van der Waals surface area (Å²) in [6.07, 6.45) is -3.34. The maximum Gasteiger partial charge on any atom is 0.405 e. The topological polar surface area (TPSA) is 12.0 Å². The van der Waals surface area contributed by atoms with Crippen LogP contribution in [0.15, 0.2) is 24.3 Å². The number of benzene rings is 1. The van der Waals surface area contributed by atoms with Gasteiger partial charge in [0.25, 0.3) is 0 Å². The highest BCUT2D eigenvalue weighted by molar-refractivity contribution is 5.45. The summed E-state index contributed by atoms with van der Waals surface area (Å²) in [6.45, 7) is 0.975. The van der Waals surface area contributed by atoms with E-state index in [9.17, 15) is 13.2 Å². The first-order chi connectivity index (χ1) is 6.51. The Kier molecular flexibility index (Phi) is 3.38. The predicted octanol–water partition coefficient (Wildman–Crippen LogP) is 3.22. The molecule has 0 fully saturated rings. The summed E-state index contributed by atoms with van der Waals surface area (Å²) in [7, 11) is 0. The van der Waals surface area contributed by atoms with Gasteiger partial charge >= 0.3 is 6.18 Å².